The summed E-state index contributed by atoms with van der Waals surface area (Å²) in [4.78, 5) is 24.6. The number of carbonyl (C=O) groups excluding carboxylic acids is 2. The Bertz CT molecular complexity index is 767. The second-order valence-electron chi connectivity index (χ2n) is 6.48. The fourth-order valence-electron chi connectivity index (χ4n) is 3.17. The Morgan fingerprint density at radius 2 is 1.56 bits per heavy atom. The first-order chi connectivity index (χ1) is 12.1. The molecule has 2 aromatic rings. The zero-order chi connectivity index (χ0) is 17.6. The van der Waals surface area contributed by atoms with Crippen LogP contribution < -0.4 is 16.4 Å². The predicted molar refractivity (Wildman–Crippen MR) is 100 cm³/mol. The second kappa shape index (κ2) is 7.83. The molecule has 0 heterocycles. The van der Waals surface area contributed by atoms with Gasteiger partial charge in [-0.25, -0.2) is 0 Å². The third-order valence-electron chi connectivity index (χ3n) is 4.51. The summed E-state index contributed by atoms with van der Waals surface area (Å²) in [5.74, 6) is -0.0682. The molecule has 0 unspecified atom stereocenters. The van der Waals surface area contributed by atoms with Gasteiger partial charge in [0.1, 0.15) is 0 Å². The van der Waals surface area contributed by atoms with E-state index in [1.165, 1.54) is 6.42 Å². The van der Waals surface area contributed by atoms with Gasteiger partial charge in [-0.2, -0.15) is 0 Å². The average molecular weight is 337 g/mol. The lowest BCUT2D eigenvalue weighted by Gasteiger charge is -2.20. The van der Waals surface area contributed by atoms with Crippen molar-refractivity contribution in [3.63, 3.8) is 0 Å². The summed E-state index contributed by atoms with van der Waals surface area (Å²) in [5.41, 5.74) is 8.08. The first-order valence-corrected chi connectivity index (χ1v) is 8.69. The van der Waals surface area contributed by atoms with E-state index in [0.29, 0.717) is 22.6 Å². The monoisotopic (exact) mass is 337 g/mol. The molecule has 25 heavy (non-hydrogen) atoms. The highest BCUT2D eigenvalue weighted by Crippen LogP contribution is 2.25. The van der Waals surface area contributed by atoms with E-state index in [2.05, 4.69) is 10.6 Å². The van der Waals surface area contributed by atoms with Crippen molar-refractivity contribution in [3.8, 4) is 0 Å². The largest absolute Gasteiger partial charge is 0.399 e. The molecule has 4 N–H and O–H groups in total. The predicted octanol–water partition coefficient (Wildman–Crippen LogP) is 4.04. The molecule has 0 aromatic heterocycles. The Hall–Kier alpha value is -2.82. The van der Waals surface area contributed by atoms with Gasteiger partial charge in [0.2, 0.25) is 5.91 Å². The summed E-state index contributed by atoms with van der Waals surface area (Å²) in [6.45, 7) is 0. The number of amides is 2. The van der Waals surface area contributed by atoms with Crippen molar-refractivity contribution in [2.45, 2.75) is 32.1 Å². The van der Waals surface area contributed by atoms with Crippen LogP contribution in [0.25, 0.3) is 0 Å². The van der Waals surface area contributed by atoms with Crippen LogP contribution in [-0.2, 0) is 4.79 Å². The molecule has 5 nitrogen and oxygen atoms in total. The summed E-state index contributed by atoms with van der Waals surface area (Å²) in [6, 6.07) is 14.0. The minimum Gasteiger partial charge on any atom is -0.399 e. The SMILES string of the molecule is Nc1cccc(C(=O)Nc2cccc(NC(=O)C3CCCCC3)c2)c1. The third-order valence-corrected chi connectivity index (χ3v) is 4.51. The number of benzene rings is 2. The standard InChI is InChI=1S/C20H23N3O2/c21-16-9-4-8-15(12-16)20(25)23-18-11-5-10-17(13-18)22-19(24)14-6-2-1-3-7-14/h4-5,8-14H,1-3,6-7,21H2,(H,22,24)(H,23,25). The summed E-state index contributed by atoms with van der Waals surface area (Å²) in [6.07, 6.45) is 5.37. The Balaban J connectivity index is 1.64. The van der Waals surface area contributed by atoms with E-state index in [9.17, 15) is 9.59 Å². The van der Waals surface area contributed by atoms with Gasteiger partial charge in [0, 0.05) is 28.5 Å². The molecule has 0 atom stereocenters. The van der Waals surface area contributed by atoms with E-state index >= 15 is 0 Å². The van der Waals surface area contributed by atoms with Gasteiger partial charge in [0.25, 0.3) is 5.91 Å². The van der Waals surface area contributed by atoms with Crippen molar-refractivity contribution < 1.29 is 9.59 Å². The Morgan fingerprint density at radius 1 is 0.880 bits per heavy atom. The van der Waals surface area contributed by atoms with E-state index in [-0.39, 0.29) is 17.7 Å². The first kappa shape index (κ1) is 17.0. The minimum absolute atomic E-state index is 0.0685. The van der Waals surface area contributed by atoms with E-state index < -0.39 is 0 Å². The summed E-state index contributed by atoms with van der Waals surface area (Å²) in [7, 11) is 0. The average Bonchev–Trinajstić information content (AvgIpc) is 2.63. The highest BCUT2D eigenvalue weighted by molar-refractivity contribution is 6.05. The molecule has 2 amide bonds. The van der Waals surface area contributed by atoms with E-state index in [0.717, 1.165) is 25.7 Å². The molecule has 1 fully saturated rings. The van der Waals surface area contributed by atoms with Crippen LogP contribution in [0, 0.1) is 5.92 Å². The molecule has 1 aliphatic rings. The molecule has 0 aliphatic heterocycles. The number of rotatable bonds is 4. The van der Waals surface area contributed by atoms with Crippen LogP contribution >= 0.6 is 0 Å². The molecule has 2 aromatic carbocycles. The Labute approximate surface area is 147 Å². The summed E-state index contributed by atoms with van der Waals surface area (Å²) >= 11 is 0. The molecule has 5 heteroatoms. The van der Waals surface area contributed by atoms with Gasteiger partial charge < -0.3 is 16.4 Å². The fraction of sp³-hybridized carbons (Fsp3) is 0.300. The quantitative estimate of drug-likeness (QED) is 0.736. The molecule has 0 bridgehead atoms. The Kier molecular flexibility index (Phi) is 5.33. The van der Waals surface area contributed by atoms with Crippen LogP contribution in [0.2, 0.25) is 0 Å². The zero-order valence-corrected chi connectivity index (χ0v) is 14.1. The normalized spacial score (nSPS) is 14.7. The number of hydrogen-bond donors (Lipinski definition) is 3. The molecular formula is C20H23N3O2. The van der Waals surface area contributed by atoms with Crippen LogP contribution in [0.4, 0.5) is 17.1 Å². The molecular weight excluding hydrogens is 314 g/mol. The topological polar surface area (TPSA) is 84.2 Å². The maximum atomic E-state index is 12.3. The van der Waals surface area contributed by atoms with E-state index in [1.807, 2.05) is 12.1 Å². The molecule has 0 radical (unpaired) electrons. The van der Waals surface area contributed by atoms with Crippen molar-refractivity contribution in [3.05, 3.63) is 54.1 Å². The number of anilines is 3. The summed E-state index contributed by atoms with van der Waals surface area (Å²) in [5, 5.41) is 5.80. The van der Waals surface area contributed by atoms with Crippen LogP contribution in [0.5, 0.6) is 0 Å². The lowest BCUT2D eigenvalue weighted by molar-refractivity contribution is -0.120. The first-order valence-electron chi connectivity index (χ1n) is 8.69. The maximum Gasteiger partial charge on any atom is 0.255 e. The van der Waals surface area contributed by atoms with Crippen molar-refractivity contribution in [1.82, 2.24) is 0 Å². The van der Waals surface area contributed by atoms with E-state index in [4.69, 9.17) is 5.73 Å². The van der Waals surface area contributed by atoms with Crippen LogP contribution in [-0.4, -0.2) is 11.8 Å². The minimum atomic E-state index is -0.233. The van der Waals surface area contributed by atoms with Crippen molar-refractivity contribution in [1.29, 1.82) is 0 Å². The lowest BCUT2D eigenvalue weighted by atomic mass is 9.88. The van der Waals surface area contributed by atoms with Crippen LogP contribution in [0.1, 0.15) is 42.5 Å². The molecule has 0 saturated heterocycles. The Morgan fingerprint density at radius 3 is 2.28 bits per heavy atom. The summed E-state index contributed by atoms with van der Waals surface area (Å²) < 4.78 is 0. The maximum absolute atomic E-state index is 12.3. The van der Waals surface area contributed by atoms with Gasteiger partial charge >= 0.3 is 0 Å². The number of carbonyl (C=O) groups is 2. The zero-order valence-electron chi connectivity index (χ0n) is 14.1. The van der Waals surface area contributed by atoms with Crippen molar-refractivity contribution in [2.24, 2.45) is 5.92 Å². The number of hydrogen-bond acceptors (Lipinski definition) is 3. The number of nitrogens with one attached hydrogen (secondary N) is 2. The van der Waals surface area contributed by atoms with Gasteiger partial charge in [0.15, 0.2) is 0 Å². The van der Waals surface area contributed by atoms with Gasteiger partial charge in [-0.15, -0.1) is 0 Å². The van der Waals surface area contributed by atoms with Gasteiger partial charge in [-0.1, -0.05) is 31.4 Å². The number of nitrogen functional groups attached to an aromatic ring is 1. The molecule has 1 aliphatic carbocycles. The highest BCUT2D eigenvalue weighted by Gasteiger charge is 2.21. The van der Waals surface area contributed by atoms with Crippen LogP contribution in [0.3, 0.4) is 0 Å². The van der Waals surface area contributed by atoms with Crippen molar-refractivity contribution >= 4 is 28.9 Å². The molecule has 3 rings (SSSR count). The van der Waals surface area contributed by atoms with Gasteiger partial charge in [-0.3, -0.25) is 9.59 Å². The van der Waals surface area contributed by atoms with E-state index in [1.54, 1.807) is 36.4 Å². The van der Waals surface area contributed by atoms with Crippen molar-refractivity contribution in [2.75, 3.05) is 16.4 Å². The molecule has 130 valence electrons. The molecule has 1 saturated carbocycles. The smallest absolute Gasteiger partial charge is 0.255 e. The third kappa shape index (κ3) is 4.59. The fourth-order valence-corrected chi connectivity index (χ4v) is 3.17. The number of nitrogens with two attached hydrogens (primary N) is 1. The van der Waals surface area contributed by atoms with Crippen LogP contribution in [0.15, 0.2) is 48.5 Å². The highest BCUT2D eigenvalue weighted by atomic mass is 16.2. The lowest BCUT2D eigenvalue weighted by Crippen LogP contribution is -2.24. The second-order valence-corrected chi connectivity index (χ2v) is 6.48. The van der Waals surface area contributed by atoms with Gasteiger partial charge in [-0.05, 0) is 49.2 Å². The van der Waals surface area contributed by atoms with Gasteiger partial charge in [0.05, 0.1) is 0 Å². The molecule has 0 spiro atoms.